The molecule has 0 spiro atoms. The average Bonchev–Trinajstić information content (AvgIpc) is 2.54. The third-order valence-electron chi connectivity index (χ3n) is 2.53. The quantitative estimate of drug-likeness (QED) is 0.781. The lowest BCUT2D eigenvalue weighted by molar-refractivity contribution is 0.618. The second kappa shape index (κ2) is 4.15. The van der Waals surface area contributed by atoms with E-state index in [-0.39, 0.29) is 5.82 Å². The third-order valence-corrected chi connectivity index (χ3v) is 2.92. The van der Waals surface area contributed by atoms with Crippen LogP contribution in [0.3, 0.4) is 0 Å². The van der Waals surface area contributed by atoms with E-state index in [1.165, 1.54) is 6.07 Å². The van der Waals surface area contributed by atoms with Gasteiger partial charge >= 0.3 is 0 Å². The summed E-state index contributed by atoms with van der Waals surface area (Å²) in [7, 11) is 0. The highest BCUT2D eigenvalue weighted by atomic mass is 35.5. The molecule has 16 heavy (non-hydrogen) atoms. The smallest absolute Gasteiger partial charge is 0.147 e. The van der Waals surface area contributed by atoms with Crippen molar-refractivity contribution in [2.24, 2.45) is 0 Å². The van der Waals surface area contributed by atoms with E-state index in [0.29, 0.717) is 28.2 Å². The molecule has 1 aromatic heterocycles. The summed E-state index contributed by atoms with van der Waals surface area (Å²) in [5.74, 6) is -0.339. The summed E-state index contributed by atoms with van der Waals surface area (Å²) < 4.78 is 15.4. The van der Waals surface area contributed by atoms with Crippen molar-refractivity contribution in [3.63, 3.8) is 0 Å². The Balaban J connectivity index is 2.88. The lowest BCUT2D eigenvalue weighted by Gasteiger charge is -2.04. The zero-order valence-corrected chi connectivity index (χ0v) is 9.55. The molecule has 2 aromatic rings. The van der Waals surface area contributed by atoms with E-state index >= 15 is 0 Å². The monoisotopic (exact) mass is 236 g/mol. The Hall–Kier alpha value is -1.53. The average molecular weight is 237 g/mol. The second-order valence-electron chi connectivity index (χ2n) is 3.57. The largest absolute Gasteiger partial charge is 0.328 e. The molecule has 1 aromatic carbocycles. The van der Waals surface area contributed by atoms with Gasteiger partial charge in [-0.25, -0.2) is 4.39 Å². The predicted octanol–water partition coefficient (Wildman–Crippen LogP) is 3.72. The lowest BCUT2D eigenvalue weighted by atomic mass is 10.2. The maximum atomic E-state index is 13.7. The third kappa shape index (κ3) is 1.46. The molecule has 4 heteroatoms. The Labute approximate surface area is 97.9 Å². The molecule has 2 rings (SSSR count). The first-order valence-corrected chi connectivity index (χ1v) is 5.44. The molecule has 0 radical (unpaired) electrons. The Morgan fingerprint density at radius 1 is 1.50 bits per heavy atom. The van der Waals surface area contributed by atoms with Crippen LogP contribution in [-0.2, 0) is 6.54 Å². The van der Waals surface area contributed by atoms with Crippen molar-refractivity contribution < 1.29 is 4.39 Å². The van der Waals surface area contributed by atoms with Gasteiger partial charge in [-0.3, -0.25) is 0 Å². The highest BCUT2D eigenvalue weighted by Crippen LogP contribution is 2.31. The molecule has 0 bridgehead atoms. The molecule has 1 heterocycles. The van der Waals surface area contributed by atoms with E-state index in [2.05, 4.69) is 0 Å². The molecule has 0 aliphatic carbocycles. The molecule has 82 valence electrons. The SMILES string of the molecule is CCCn1c(Cl)c(C#N)c2cccc(F)c21. The van der Waals surface area contributed by atoms with Gasteiger partial charge in [0.2, 0.25) is 0 Å². The summed E-state index contributed by atoms with van der Waals surface area (Å²) in [5.41, 5.74) is 0.774. The summed E-state index contributed by atoms with van der Waals surface area (Å²) in [6.07, 6.45) is 0.836. The highest BCUT2D eigenvalue weighted by Gasteiger charge is 2.17. The summed E-state index contributed by atoms with van der Waals surface area (Å²) in [6.45, 7) is 2.59. The lowest BCUT2D eigenvalue weighted by Crippen LogP contribution is -1.97. The Morgan fingerprint density at radius 2 is 2.25 bits per heavy atom. The molecular formula is C12H10ClFN2. The van der Waals surface area contributed by atoms with Crippen molar-refractivity contribution in [2.75, 3.05) is 0 Å². The van der Waals surface area contributed by atoms with E-state index in [0.717, 1.165) is 6.42 Å². The summed E-state index contributed by atoms with van der Waals surface area (Å²) >= 11 is 6.08. The van der Waals surface area contributed by atoms with Gasteiger partial charge in [0.25, 0.3) is 0 Å². The molecule has 0 fully saturated rings. The maximum Gasteiger partial charge on any atom is 0.147 e. The van der Waals surface area contributed by atoms with Crippen LogP contribution in [0, 0.1) is 17.1 Å². The number of hydrogen-bond donors (Lipinski definition) is 0. The number of fused-ring (bicyclic) bond motifs is 1. The number of halogens is 2. The number of aromatic nitrogens is 1. The van der Waals surface area contributed by atoms with Crippen LogP contribution in [0.2, 0.25) is 5.15 Å². The van der Waals surface area contributed by atoms with E-state index in [9.17, 15) is 4.39 Å². The van der Waals surface area contributed by atoms with Gasteiger partial charge in [-0.2, -0.15) is 5.26 Å². The molecule has 0 aliphatic heterocycles. The zero-order chi connectivity index (χ0) is 11.7. The van der Waals surface area contributed by atoms with Crippen molar-refractivity contribution >= 4 is 22.5 Å². The van der Waals surface area contributed by atoms with Crippen LogP contribution < -0.4 is 0 Å². The van der Waals surface area contributed by atoms with Crippen LogP contribution in [0.25, 0.3) is 10.9 Å². The minimum absolute atomic E-state index is 0.324. The minimum Gasteiger partial charge on any atom is -0.328 e. The van der Waals surface area contributed by atoms with E-state index in [4.69, 9.17) is 16.9 Å². The molecule has 2 nitrogen and oxygen atoms in total. The zero-order valence-electron chi connectivity index (χ0n) is 8.80. The van der Waals surface area contributed by atoms with Gasteiger partial charge in [0, 0.05) is 11.9 Å². The van der Waals surface area contributed by atoms with Gasteiger partial charge in [-0.15, -0.1) is 0 Å². The fourth-order valence-electron chi connectivity index (χ4n) is 1.88. The van der Waals surface area contributed by atoms with Crippen LogP contribution in [-0.4, -0.2) is 4.57 Å². The van der Waals surface area contributed by atoms with E-state index in [1.54, 1.807) is 16.7 Å². The number of benzene rings is 1. The molecule has 0 N–H and O–H groups in total. The number of nitrogens with zero attached hydrogens (tertiary/aromatic N) is 2. The first-order chi connectivity index (χ1) is 7.70. The van der Waals surface area contributed by atoms with E-state index < -0.39 is 0 Å². The molecule has 0 unspecified atom stereocenters. The number of nitriles is 1. The van der Waals surface area contributed by atoms with Crippen LogP contribution in [0.1, 0.15) is 18.9 Å². The normalized spacial score (nSPS) is 10.6. The molecular weight excluding hydrogens is 227 g/mol. The molecule has 0 aliphatic rings. The van der Waals surface area contributed by atoms with Gasteiger partial charge in [0.15, 0.2) is 0 Å². The van der Waals surface area contributed by atoms with Gasteiger partial charge < -0.3 is 4.57 Å². The first kappa shape index (κ1) is 11.0. The van der Waals surface area contributed by atoms with Crippen LogP contribution in [0.15, 0.2) is 18.2 Å². The second-order valence-corrected chi connectivity index (χ2v) is 3.92. The number of para-hydroxylation sites is 1. The summed E-state index contributed by atoms with van der Waals surface area (Å²) in [4.78, 5) is 0. The highest BCUT2D eigenvalue weighted by molar-refractivity contribution is 6.32. The first-order valence-electron chi connectivity index (χ1n) is 5.07. The topological polar surface area (TPSA) is 28.7 Å². The van der Waals surface area contributed by atoms with Gasteiger partial charge in [0.1, 0.15) is 17.0 Å². The van der Waals surface area contributed by atoms with Crippen LogP contribution >= 0.6 is 11.6 Å². The van der Waals surface area contributed by atoms with Crippen molar-refractivity contribution in [1.82, 2.24) is 4.57 Å². The summed E-state index contributed by atoms with van der Waals surface area (Å²) in [5, 5.41) is 9.93. The fourth-order valence-corrected chi connectivity index (χ4v) is 2.19. The van der Waals surface area contributed by atoms with Crippen LogP contribution in [0.4, 0.5) is 4.39 Å². The predicted molar refractivity (Wildman–Crippen MR) is 61.9 cm³/mol. The van der Waals surface area contributed by atoms with Crippen molar-refractivity contribution in [2.45, 2.75) is 19.9 Å². The van der Waals surface area contributed by atoms with Crippen molar-refractivity contribution in [1.29, 1.82) is 5.26 Å². The molecule has 0 atom stereocenters. The Kier molecular flexibility index (Phi) is 2.84. The number of hydrogen-bond acceptors (Lipinski definition) is 1. The van der Waals surface area contributed by atoms with Gasteiger partial charge in [-0.1, -0.05) is 30.7 Å². The Bertz CT molecular complexity index is 581. The number of rotatable bonds is 2. The van der Waals surface area contributed by atoms with Gasteiger partial charge in [-0.05, 0) is 12.5 Å². The summed E-state index contributed by atoms with van der Waals surface area (Å²) in [6, 6.07) is 6.71. The molecule has 0 saturated heterocycles. The van der Waals surface area contributed by atoms with Crippen molar-refractivity contribution in [3.8, 4) is 6.07 Å². The van der Waals surface area contributed by atoms with Crippen molar-refractivity contribution in [3.05, 3.63) is 34.7 Å². The Morgan fingerprint density at radius 3 is 2.88 bits per heavy atom. The standard InChI is InChI=1S/C12H10ClFN2/c1-2-6-16-11-8(4-3-5-10(11)14)9(7-15)12(16)13/h3-5H,2,6H2,1H3. The fraction of sp³-hybridized carbons (Fsp3) is 0.250. The van der Waals surface area contributed by atoms with E-state index in [1.807, 2.05) is 13.0 Å². The van der Waals surface area contributed by atoms with Gasteiger partial charge in [0.05, 0.1) is 11.1 Å². The molecule has 0 amide bonds. The maximum absolute atomic E-state index is 13.7. The number of aryl methyl sites for hydroxylation is 1. The minimum atomic E-state index is -0.339. The van der Waals surface area contributed by atoms with Crippen LogP contribution in [0.5, 0.6) is 0 Å². The molecule has 0 saturated carbocycles.